The van der Waals surface area contributed by atoms with Crippen LogP contribution in [-0.4, -0.2) is 44.7 Å². The summed E-state index contributed by atoms with van der Waals surface area (Å²) in [5, 5.41) is 12.3. The van der Waals surface area contributed by atoms with Crippen LogP contribution in [0.5, 0.6) is 0 Å². The van der Waals surface area contributed by atoms with Crippen molar-refractivity contribution in [2.24, 2.45) is 0 Å². The average molecular weight is 314 g/mol. The molecular weight excluding hydrogens is 296 g/mol. The maximum Gasteiger partial charge on any atom is 0.329 e. The summed E-state index contributed by atoms with van der Waals surface area (Å²) in [7, 11) is 0. The van der Waals surface area contributed by atoms with E-state index in [1.165, 1.54) is 16.7 Å². The number of thiazole rings is 1. The quantitative estimate of drug-likeness (QED) is 0.902. The third kappa shape index (κ3) is 3.15. The van der Waals surface area contributed by atoms with Gasteiger partial charge in [0.25, 0.3) is 0 Å². The lowest BCUT2D eigenvalue weighted by Crippen LogP contribution is -2.51. The SMILES string of the molecule is Cc1nc(CSCC(=O)N2CCCC2(C)C(=O)O)cs1. The van der Waals surface area contributed by atoms with Gasteiger partial charge in [0.05, 0.1) is 16.5 Å². The number of carbonyl (C=O) groups is 2. The first kappa shape index (κ1) is 15.3. The van der Waals surface area contributed by atoms with Crippen molar-refractivity contribution in [2.45, 2.75) is 38.0 Å². The molecule has 2 heterocycles. The van der Waals surface area contributed by atoms with Crippen LogP contribution in [0.2, 0.25) is 0 Å². The van der Waals surface area contributed by atoms with E-state index >= 15 is 0 Å². The van der Waals surface area contributed by atoms with Crippen LogP contribution in [0.25, 0.3) is 0 Å². The zero-order chi connectivity index (χ0) is 14.8. The Morgan fingerprint density at radius 1 is 1.60 bits per heavy atom. The van der Waals surface area contributed by atoms with E-state index in [1.807, 2.05) is 12.3 Å². The van der Waals surface area contributed by atoms with Gasteiger partial charge in [-0.25, -0.2) is 9.78 Å². The Morgan fingerprint density at radius 3 is 2.95 bits per heavy atom. The highest BCUT2D eigenvalue weighted by atomic mass is 32.2. The molecule has 0 bridgehead atoms. The number of hydrogen-bond donors (Lipinski definition) is 1. The van der Waals surface area contributed by atoms with Crippen molar-refractivity contribution in [3.05, 3.63) is 16.1 Å². The van der Waals surface area contributed by atoms with Crippen LogP contribution in [-0.2, 0) is 15.3 Å². The number of rotatable bonds is 5. The van der Waals surface area contributed by atoms with E-state index in [0.717, 1.165) is 17.1 Å². The molecule has 1 amide bonds. The number of aliphatic carboxylic acids is 1. The Hall–Kier alpha value is -1.08. The molecule has 1 saturated heterocycles. The van der Waals surface area contributed by atoms with Gasteiger partial charge in [-0.2, -0.15) is 0 Å². The lowest BCUT2D eigenvalue weighted by Gasteiger charge is -2.31. The second kappa shape index (κ2) is 6.13. The highest BCUT2D eigenvalue weighted by Gasteiger charge is 2.45. The topological polar surface area (TPSA) is 70.5 Å². The third-order valence-corrected chi connectivity index (χ3v) is 5.32. The van der Waals surface area contributed by atoms with Crippen molar-refractivity contribution in [2.75, 3.05) is 12.3 Å². The summed E-state index contributed by atoms with van der Waals surface area (Å²) >= 11 is 3.08. The molecule has 0 spiro atoms. The molecule has 2 rings (SSSR count). The fourth-order valence-electron chi connectivity index (χ4n) is 2.38. The Bertz CT molecular complexity index is 517. The Balaban J connectivity index is 1.87. The monoisotopic (exact) mass is 314 g/mol. The van der Waals surface area contributed by atoms with Crippen LogP contribution in [0.1, 0.15) is 30.5 Å². The van der Waals surface area contributed by atoms with Crippen molar-refractivity contribution in [1.82, 2.24) is 9.88 Å². The van der Waals surface area contributed by atoms with E-state index in [1.54, 1.807) is 18.3 Å². The van der Waals surface area contributed by atoms with Gasteiger partial charge in [-0.1, -0.05) is 0 Å². The van der Waals surface area contributed by atoms with Crippen LogP contribution in [0.3, 0.4) is 0 Å². The summed E-state index contributed by atoms with van der Waals surface area (Å²) in [4.78, 5) is 29.4. The molecule has 1 aliphatic rings. The minimum atomic E-state index is -1.03. The van der Waals surface area contributed by atoms with Crippen LogP contribution in [0, 0.1) is 6.92 Å². The maximum atomic E-state index is 12.2. The van der Waals surface area contributed by atoms with Crippen molar-refractivity contribution in [1.29, 1.82) is 0 Å². The molecule has 110 valence electrons. The molecule has 1 fully saturated rings. The largest absolute Gasteiger partial charge is 0.480 e. The first-order chi connectivity index (χ1) is 9.43. The van der Waals surface area contributed by atoms with Gasteiger partial charge in [-0.05, 0) is 26.7 Å². The Labute approximate surface area is 126 Å². The second-order valence-electron chi connectivity index (χ2n) is 5.08. The first-order valence-electron chi connectivity index (χ1n) is 6.46. The van der Waals surface area contributed by atoms with Gasteiger partial charge in [0.1, 0.15) is 5.54 Å². The zero-order valence-electron chi connectivity index (χ0n) is 11.6. The molecule has 1 atom stereocenters. The number of aromatic nitrogens is 1. The number of thioether (sulfide) groups is 1. The van der Waals surface area contributed by atoms with Gasteiger partial charge >= 0.3 is 5.97 Å². The van der Waals surface area contributed by atoms with Gasteiger partial charge in [0.15, 0.2) is 0 Å². The summed E-state index contributed by atoms with van der Waals surface area (Å²) in [6.07, 6.45) is 1.29. The summed E-state index contributed by atoms with van der Waals surface area (Å²) < 4.78 is 0. The summed E-state index contributed by atoms with van der Waals surface area (Å²) in [5.41, 5.74) is -0.0535. The summed E-state index contributed by atoms with van der Waals surface area (Å²) in [5.74, 6) is -0.0134. The molecule has 1 aliphatic heterocycles. The predicted octanol–water partition coefficient (Wildman–Crippen LogP) is 2.15. The molecule has 20 heavy (non-hydrogen) atoms. The smallest absolute Gasteiger partial charge is 0.329 e. The number of carboxylic acids is 1. The number of likely N-dealkylation sites (tertiary alicyclic amines) is 1. The molecule has 1 N–H and O–H groups in total. The number of amides is 1. The maximum absolute atomic E-state index is 12.2. The highest BCUT2D eigenvalue weighted by molar-refractivity contribution is 7.99. The Kier molecular flexibility index (Phi) is 4.70. The van der Waals surface area contributed by atoms with Crippen LogP contribution in [0.4, 0.5) is 0 Å². The minimum absolute atomic E-state index is 0.0932. The van der Waals surface area contributed by atoms with Crippen molar-refractivity contribution < 1.29 is 14.7 Å². The van der Waals surface area contributed by atoms with Gasteiger partial charge < -0.3 is 10.0 Å². The number of carbonyl (C=O) groups excluding carboxylic acids is 1. The molecule has 5 nitrogen and oxygen atoms in total. The second-order valence-corrected chi connectivity index (χ2v) is 7.13. The zero-order valence-corrected chi connectivity index (χ0v) is 13.2. The van der Waals surface area contributed by atoms with Crippen molar-refractivity contribution in [3.63, 3.8) is 0 Å². The van der Waals surface area contributed by atoms with Crippen LogP contribution in [0.15, 0.2) is 5.38 Å². The molecule has 1 unspecified atom stereocenters. The normalized spacial score (nSPS) is 22.2. The van der Waals surface area contributed by atoms with E-state index in [0.29, 0.717) is 24.5 Å². The number of aryl methyl sites for hydroxylation is 1. The van der Waals surface area contributed by atoms with E-state index in [2.05, 4.69) is 4.98 Å². The standard InChI is InChI=1S/C13H18N2O3S2/c1-9-14-10(7-20-9)6-19-8-11(16)15-5-3-4-13(15,2)12(17)18/h7H,3-6,8H2,1-2H3,(H,17,18). The van der Waals surface area contributed by atoms with Crippen molar-refractivity contribution in [3.8, 4) is 0 Å². The molecule has 0 saturated carbocycles. The lowest BCUT2D eigenvalue weighted by atomic mass is 9.99. The molecule has 0 aliphatic carbocycles. The Morgan fingerprint density at radius 2 is 2.35 bits per heavy atom. The van der Waals surface area contributed by atoms with Gasteiger partial charge in [0, 0.05) is 17.7 Å². The van der Waals surface area contributed by atoms with E-state index in [-0.39, 0.29) is 5.91 Å². The van der Waals surface area contributed by atoms with Gasteiger partial charge in [0.2, 0.25) is 5.91 Å². The molecule has 1 aromatic rings. The molecular formula is C13H18N2O3S2. The van der Waals surface area contributed by atoms with Crippen LogP contribution < -0.4 is 0 Å². The van der Waals surface area contributed by atoms with Gasteiger partial charge in [-0.15, -0.1) is 23.1 Å². The van der Waals surface area contributed by atoms with E-state index in [4.69, 9.17) is 0 Å². The molecule has 7 heteroatoms. The number of carboxylic acid groups (broad SMARTS) is 1. The van der Waals surface area contributed by atoms with Crippen molar-refractivity contribution >= 4 is 35.0 Å². The minimum Gasteiger partial charge on any atom is -0.480 e. The van der Waals surface area contributed by atoms with Gasteiger partial charge in [-0.3, -0.25) is 4.79 Å². The number of nitrogens with zero attached hydrogens (tertiary/aromatic N) is 2. The van der Waals surface area contributed by atoms with E-state index in [9.17, 15) is 14.7 Å². The molecule has 0 radical (unpaired) electrons. The molecule has 0 aromatic carbocycles. The lowest BCUT2D eigenvalue weighted by molar-refractivity contribution is -0.154. The summed E-state index contributed by atoms with van der Waals surface area (Å²) in [6, 6.07) is 0. The third-order valence-electron chi connectivity index (χ3n) is 3.54. The first-order valence-corrected chi connectivity index (χ1v) is 8.49. The van der Waals surface area contributed by atoms with Crippen LogP contribution >= 0.6 is 23.1 Å². The molecule has 1 aromatic heterocycles. The summed E-state index contributed by atoms with van der Waals surface area (Å²) in [6.45, 7) is 4.12. The number of hydrogen-bond acceptors (Lipinski definition) is 5. The predicted molar refractivity (Wildman–Crippen MR) is 80.0 cm³/mol. The fraction of sp³-hybridized carbons (Fsp3) is 0.615. The fourth-order valence-corrected chi connectivity index (χ4v) is 3.89. The average Bonchev–Trinajstić information content (AvgIpc) is 2.96. The highest BCUT2D eigenvalue weighted by Crippen LogP contribution is 2.30. The van der Waals surface area contributed by atoms with E-state index < -0.39 is 11.5 Å².